The van der Waals surface area contributed by atoms with E-state index in [2.05, 4.69) is 109 Å². The van der Waals surface area contributed by atoms with Crippen molar-refractivity contribution >= 4 is 0 Å². The van der Waals surface area contributed by atoms with Crippen LogP contribution in [0.15, 0.2) is 97.1 Å². The third kappa shape index (κ3) is 2.55. The molecule has 0 fully saturated rings. The molecule has 4 aromatic rings. The summed E-state index contributed by atoms with van der Waals surface area (Å²) in [5, 5.41) is 0. The summed E-state index contributed by atoms with van der Waals surface area (Å²) in [5.74, 6) is 0. The molecule has 0 aliphatic carbocycles. The maximum Gasteiger partial charge on any atom is 0.0609 e. The molecule has 0 atom stereocenters. The van der Waals surface area contributed by atoms with Gasteiger partial charge in [-0.25, -0.2) is 0 Å². The lowest BCUT2D eigenvalue weighted by Crippen LogP contribution is -1.99. The summed E-state index contributed by atoms with van der Waals surface area (Å²) in [6, 6.07) is 34.1. The van der Waals surface area contributed by atoms with E-state index < -0.39 is 0 Å². The first kappa shape index (κ1) is 14.5. The molecule has 0 bridgehead atoms. The second-order valence-electron chi connectivity index (χ2n) is 5.95. The van der Waals surface area contributed by atoms with Crippen molar-refractivity contribution in [2.24, 2.45) is 0 Å². The molecule has 1 aromatic heterocycles. The van der Waals surface area contributed by atoms with Crippen LogP contribution in [0.2, 0.25) is 0 Å². The SMILES string of the molecule is Cc1cc(-c2ccccc2)c(-c2ccccc2)n1-c1ccccc1. The number of rotatable bonds is 3. The van der Waals surface area contributed by atoms with Gasteiger partial charge in [0.2, 0.25) is 0 Å². The van der Waals surface area contributed by atoms with Crippen molar-refractivity contribution in [1.29, 1.82) is 0 Å². The zero-order valence-electron chi connectivity index (χ0n) is 13.7. The highest BCUT2D eigenvalue weighted by molar-refractivity contribution is 5.84. The van der Waals surface area contributed by atoms with Crippen LogP contribution in [-0.2, 0) is 0 Å². The predicted octanol–water partition coefficient (Wildman–Crippen LogP) is 6.12. The lowest BCUT2D eigenvalue weighted by Gasteiger charge is -2.14. The summed E-state index contributed by atoms with van der Waals surface area (Å²) in [4.78, 5) is 0. The van der Waals surface area contributed by atoms with E-state index in [1.165, 1.54) is 33.8 Å². The van der Waals surface area contributed by atoms with Crippen LogP contribution >= 0.6 is 0 Å². The summed E-state index contributed by atoms with van der Waals surface area (Å²) in [7, 11) is 0. The molecule has 0 unspecified atom stereocenters. The van der Waals surface area contributed by atoms with Gasteiger partial charge in [0.25, 0.3) is 0 Å². The molecule has 24 heavy (non-hydrogen) atoms. The van der Waals surface area contributed by atoms with Gasteiger partial charge >= 0.3 is 0 Å². The predicted molar refractivity (Wildman–Crippen MR) is 101 cm³/mol. The maximum atomic E-state index is 2.34. The first-order chi connectivity index (χ1) is 11.8. The van der Waals surface area contributed by atoms with Gasteiger partial charge in [-0.1, -0.05) is 78.9 Å². The molecule has 0 aliphatic heterocycles. The smallest absolute Gasteiger partial charge is 0.0609 e. The first-order valence-corrected chi connectivity index (χ1v) is 8.23. The second-order valence-corrected chi connectivity index (χ2v) is 5.95. The molecule has 0 saturated carbocycles. The number of hydrogen-bond donors (Lipinski definition) is 0. The van der Waals surface area contributed by atoms with Gasteiger partial charge < -0.3 is 4.57 Å². The molecular weight excluding hydrogens is 290 g/mol. The Morgan fingerprint density at radius 2 is 1.08 bits per heavy atom. The minimum absolute atomic E-state index is 1.19. The zero-order valence-corrected chi connectivity index (χ0v) is 13.7. The van der Waals surface area contributed by atoms with E-state index in [1.807, 2.05) is 0 Å². The number of benzene rings is 3. The molecule has 0 N–H and O–H groups in total. The second kappa shape index (κ2) is 6.21. The highest BCUT2D eigenvalue weighted by atomic mass is 15.0. The Morgan fingerprint density at radius 3 is 1.67 bits per heavy atom. The molecule has 3 aromatic carbocycles. The van der Waals surface area contributed by atoms with Crippen LogP contribution in [0.1, 0.15) is 5.69 Å². The van der Waals surface area contributed by atoms with Crippen molar-refractivity contribution in [2.45, 2.75) is 6.92 Å². The van der Waals surface area contributed by atoms with Gasteiger partial charge in [0, 0.05) is 16.9 Å². The van der Waals surface area contributed by atoms with E-state index >= 15 is 0 Å². The number of nitrogens with zero attached hydrogens (tertiary/aromatic N) is 1. The normalized spacial score (nSPS) is 10.7. The van der Waals surface area contributed by atoms with E-state index in [0.29, 0.717) is 0 Å². The van der Waals surface area contributed by atoms with Crippen molar-refractivity contribution in [1.82, 2.24) is 4.57 Å². The summed E-state index contributed by atoms with van der Waals surface area (Å²) in [5.41, 5.74) is 7.41. The Bertz CT molecular complexity index is 936. The molecular formula is C23H19N. The van der Waals surface area contributed by atoms with Gasteiger partial charge in [-0.3, -0.25) is 0 Å². The van der Waals surface area contributed by atoms with Crippen LogP contribution in [0.4, 0.5) is 0 Å². The standard InChI is InChI=1S/C23H19N/c1-18-17-22(19-11-5-2-6-12-19)23(20-13-7-3-8-14-20)24(18)21-15-9-4-10-16-21/h2-17H,1H3. The molecule has 0 aliphatic rings. The Kier molecular flexibility index (Phi) is 3.76. The molecule has 0 amide bonds. The van der Waals surface area contributed by atoms with E-state index in [0.717, 1.165) is 0 Å². The molecule has 1 heterocycles. The Balaban J connectivity index is 2.03. The average molecular weight is 309 g/mol. The van der Waals surface area contributed by atoms with Crippen molar-refractivity contribution in [2.75, 3.05) is 0 Å². The minimum Gasteiger partial charge on any atom is -0.313 e. The Morgan fingerprint density at radius 1 is 0.583 bits per heavy atom. The van der Waals surface area contributed by atoms with Gasteiger partial charge in [0.15, 0.2) is 0 Å². The maximum absolute atomic E-state index is 2.34. The third-order valence-electron chi connectivity index (χ3n) is 4.33. The number of aryl methyl sites for hydroxylation is 1. The molecule has 0 saturated heterocycles. The third-order valence-corrected chi connectivity index (χ3v) is 4.33. The molecule has 0 radical (unpaired) electrons. The van der Waals surface area contributed by atoms with Gasteiger partial charge in [-0.05, 0) is 36.2 Å². The van der Waals surface area contributed by atoms with Crippen molar-refractivity contribution in [3.8, 4) is 28.1 Å². The summed E-state index contributed by atoms with van der Waals surface area (Å²) in [6.07, 6.45) is 0. The minimum atomic E-state index is 1.19. The fourth-order valence-corrected chi connectivity index (χ4v) is 3.27. The van der Waals surface area contributed by atoms with Gasteiger partial charge in [-0.15, -0.1) is 0 Å². The van der Waals surface area contributed by atoms with Gasteiger partial charge in [-0.2, -0.15) is 0 Å². The fourth-order valence-electron chi connectivity index (χ4n) is 3.27. The van der Waals surface area contributed by atoms with Crippen LogP contribution in [0.3, 0.4) is 0 Å². The molecule has 0 spiro atoms. The lowest BCUT2D eigenvalue weighted by molar-refractivity contribution is 1.02. The molecule has 4 rings (SSSR count). The topological polar surface area (TPSA) is 4.93 Å². The van der Waals surface area contributed by atoms with Crippen LogP contribution in [-0.4, -0.2) is 4.57 Å². The quantitative estimate of drug-likeness (QED) is 0.429. The molecule has 1 heteroatoms. The zero-order chi connectivity index (χ0) is 16.4. The monoisotopic (exact) mass is 309 g/mol. The molecule has 1 nitrogen and oxygen atoms in total. The molecule has 116 valence electrons. The highest BCUT2D eigenvalue weighted by Gasteiger charge is 2.16. The number of para-hydroxylation sites is 1. The number of hydrogen-bond acceptors (Lipinski definition) is 0. The van der Waals surface area contributed by atoms with Crippen molar-refractivity contribution < 1.29 is 0 Å². The van der Waals surface area contributed by atoms with Gasteiger partial charge in [0.05, 0.1) is 5.69 Å². The van der Waals surface area contributed by atoms with E-state index in [9.17, 15) is 0 Å². The summed E-state index contributed by atoms with van der Waals surface area (Å²) in [6.45, 7) is 2.17. The summed E-state index contributed by atoms with van der Waals surface area (Å²) >= 11 is 0. The van der Waals surface area contributed by atoms with Crippen LogP contribution in [0.5, 0.6) is 0 Å². The number of aromatic nitrogens is 1. The lowest BCUT2D eigenvalue weighted by atomic mass is 10.0. The Hall–Kier alpha value is -3.06. The van der Waals surface area contributed by atoms with E-state index in [4.69, 9.17) is 0 Å². The summed E-state index contributed by atoms with van der Waals surface area (Å²) < 4.78 is 2.34. The van der Waals surface area contributed by atoms with Crippen molar-refractivity contribution in [3.05, 3.63) is 103 Å². The fraction of sp³-hybridized carbons (Fsp3) is 0.0435. The van der Waals surface area contributed by atoms with Crippen LogP contribution in [0.25, 0.3) is 28.1 Å². The highest BCUT2D eigenvalue weighted by Crippen LogP contribution is 2.37. The van der Waals surface area contributed by atoms with Crippen LogP contribution < -0.4 is 0 Å². The average Bonchev–Trinajstić information content (AvgIpc) is 3.01. The van der Waals surface area contributed by atoms with E-state index in [1.54, 1.807) is 0 Å². The van der Waals surface area contributed by atoms with Gasteiger partial charge in [0.1, 0.15) is 0 Å². The van der Waals surface area contributed by atoms with Crippen LogP contribution in [0, 0.1) is 6.92 Å². The Labute approximate surface area is 142 Å². The largest absolute Gasteiger partial charge is 0.313 e. The first-order valence-electron chi connectivity index (χ1n) is 8.23. The van der Waals surface area contributed by atoms with Crippen molar-refractivity contribution in [3.63, 3.8) is 0 Å². The van der Waals surface area contributed by atoms with E-state index in [-0.39, 0.29) is 0 Å².